The fraction of sp³-hybridized carbons (Fsp3) is 0.727. The van der Waals surface area contributed by atoms with Gasteiger partial charge in [-0.15, -0.1) is 11.3 Å². The Bertz CT molecular complexity index is 285. The first-order valence-corrected chi connectivity index (χ1v) is 6.44. The van der Waals surface area contributed by atoms with Gasteiger partial charge in [0.1, 0.15) is 0 Å². The number of aliphatic hydroxyl groups excluding tert-OH is 1. The third-order valence-electron chi connectivity index (χ3n) is 2.32. The summed E-state index contributed by atoms with van der Waals surface area (Å²) in [5.41, 5.74) is 1.07. The largest absolute Gasteiger partial charge is 0.396 e. The number of aliphatic hydroxyl groups is 1. The minimum atomic E-state index is 0.179. The van der Waals surface area contributed by atoms with Crippen LogP contribution in [-0.2, 0) is 17.7 Å². The lowest BCUT2D eigenvalue weighted by Crippen LogP contribution is -2.33. The lowest BCUT2D eigenvalue weighted by Gasteiger charge is -2.15. The summed E-state index contributed by atoms with van der Waals surface area (Å²) in [4.78, 5) is 4.47. The number of aromatic nitrogens is 1. The van der Waals surface area contributed by atoms with Gasteiger partial charge in [-0.05, 0) is 12.8 Å². The van der Waals surface area contributed by atoms with Gasteiger partial charge in [-0.1, -0.05) is 6.92 Å². The summed E-state index contributed by atoms with van der Waals surface area (Å²) in [6, 6.07) is 0.196. The van der Waals surface area contributed by atoms with E-state index in [1.165, 1.54) is 5.01 Å². The molecule has 0 aliphatic carbocycles. The summed E-state index contributed by atoms with van der Waals surface area (Å²) < 4.78 is 5.08. The second-order valence-corrected chi connectivity index (χ2v) is 4.57. The fourth-order valence-corrected chi connectivity index (χ4v) is 2.19. The summed E-state index contributed by atoms with van der Waals surface area (Å²) in [7, 11) is 1.67. The van der Waals surface area contributed by atoms with E-state index in [2.05, 4.69) is 22.6 Å². The van der Waals surface area contributed by atoms with Crippen LogP contribution < -0.4 is 5.32 Å². The molecule has 4 nitrogen and oxygen atoms in total. The van der Waals surface area contributed by atoms with Crippen molar-refractivity contribution in [2.24, 2.45) is 0 Å². The molecule has 0 radical (unpaired) electrons. The van der Waals surface area contributed by atoms with Crippen LogP contribution in [0, 0.1) is 0 Å². The summed E-state index contributed by atoms with van der Waals surface area (Å²) in [6.07, 6.45) is 1.70. The minimum absolute atomic E-state index is 0.179. The van der Waals surface area contributed by atoms with Gasteiger partial charge >= 0.3 is 0 Å². The molecule has 1 rings (SSSR count). The highest BCUT2D eigenvalue weighted by Crippen LogP contribution is 2.10. The van der Waals surface area contributed by atoms with Crippen LogP contribution in [0.4, 0.5) is 0 Å². The van der Waals surface area contributed by atoms with Gasteiger partial charge in [0.15, 0.2) is 0 Å². The van der Waals surface area contributed by atoms with Crippen molar-refractivity contribution in [1.82, 2.24) is 10.3 Å². The molecule has 0 fully saturated rings. The van der Waals surface area contributed by atoms with E-state index in [0.29, 0.717) is 13.0 Å². The normalized spacial score (nSPS) is 12.9. The standard InChI is InChI=1S/C11H20N2O2S/c1-3-11-13-10(8-16-11)6-12-9(4-5-14)7-15-2/h8-9,12,14H,3-7H2,1-2H3. The molecule has 1 atom stereocenters. The van der Waals surface area contributed by atoms with Crippen molar-refractivity contribution in [1.29, 1.82) is 0 Å². The van der Waals surface area contributed by atoms with Crippen molar-refractivity contribution < 1.29 is 9.84 Å². The second-order valence-electron chi connectivity index (χ2n) is 3.63. The highest BCUT2D eigenvalue weighted by Gasteiger charge is 2.08. The summed E-state index contributed by atoms with van der Waals surface area (Å²) >= 11 is 1.70. The first kappa shape index (κ1) is 13.6. The van der Waals surface area contributed by atoms with Crippen molar-refractivity contribution in [2.75, 3.05) is 20.3 Å². The molecule has 0 saturated heterocycles. The van der Waals surface area contributed by atoms with Gasteiger partial charge in [0.2, 0.25) is 0 Å². The Morgan fingerprint density at radius 1 is 1.62 bits per heavy atom. The van der Waals surface area contributed by atoms with Crippen LogP contribution in [0.15, 0.2) is 5.38 Å². The molecule has 0 aliphatic heterocycles. The fourth-order valence-electron chi connectivity index (χ4n) is 1.44. The molecule has 5 heteroatoms. The number of hydrogen-bond donors (Lipinski definition) is 2. The van der Waals surface area contributed by atoms with Gasteiger partial charge in [-0.25, -0.2) is 4.98 Å². The first-order valence-electron chi connectivity index (χ1n) is 5.56. The number of thiazole rings is 1. The van der Waals surface area contributed by atoms with Gasteiger partial charge in [0.05, 0.1) is 17.3 Å². The number of methoxy groups -OCH3 is 1. The van der Waals surface area contributed by atoms with Crippen LogP contribution in [0.1, 0.15) is 24.0 Å². The predicted octanol–water partition coefficient (Wildman–Crippen LogP) is 1.19. The summed E-state index contributed by atoms with van der Waals surface area (Å²) in [5, 5.41) is 15.5. The van der Waals surface area contributed by atoms with Gasteiger partial charge in [-0.3, -0.25) is 0 Å². The molecular weight excluding hydrogens is 224 g/mol. The molecule has 1 aromatic rings. The van der Waals surface area contributed by atoms with E-state index in [9.17, 15) is 0 Å². The van der Waals surface area contributed by atoms with E-state index < -0.39 is 0 Å². The van der Waals surface area contributed by atoms with Crippen molar-refractivity contribution in [3.63, 3.8) is 0 Å². The molecule has 0 saturated carbocycles. The molecule has 16 heavy (non-hydrogen) atoms. The zero-order valence-corrected chi connectivity index (χ0v) is 10.7. The topological polar surface area (TPSA) is 54.4 Å². The van der Waals surface area contributed by atoms with Crippen molar-refractivity contribution in [3.8, 4) is 0 Å². The van der Waals surface area contributed by atoms with Crippen LogP contribution in [-0.4, -0.2) is 36.5 Å². The number of aryl methyl sites for hydroxylation is 1. The van der Waals surface area contributed by atoms with Gasteiger partial charge in [-0.2, -0.15) is 0 Å². The maximum absolute atomic E-state index is 8.89. The highest BCUT2D eigenvalue weighted by molar-refractivity contribution is 7.09. The van der Waals surface area contributed by atoms with Crippen LogP contribution in [0.2, 0.25) is 0 Å². The summed E-state index contributed by atoms with van der Waals surface area (Å²) in [5.74, 6) is 0. The number of nitrogens with zero attached hydrogens (tertiary/aromatic N) is 1. The SMILES string of the molecule is CCc1nc(CNC(CCO)COC)cs1. The number of hydrogen-bond acceptors (Lipinski definition) is 5. The number of ether oxygens (including phenoxy) is 1. The third kappa shape index (κ3) is 4.57. The van der Waals surface area contributed by atoms with Crippen LogP contribution in [0.25, 0.3) is 0 Å². The molecule has 0 amide bonds. The molecule has 1 aromatic heterocycles. The smallest absolute Gasteiger partial charge is 0.0926 e. The molecule has 2 N–H and O–H groups in total. The Labute approximate surface area is 101 Å². The maximum Gasteiger partial charge on any atom is 0.0926 e. The molecule has 1 unspecified atom stereocenters. The zero-order chi connectivity index (χ0) is 11.8. The molecule has 0 spiro atoms. The van der Waals surface area contributed by atoms with Crippen LogP contribution >= 0.6 is 11.3 Å². The minimum Gasteiger partial charge on any atom is -0.396 e. The molecule has 0 aromatic carbocycles. The average molecular weight is 244 g/mol. The monoisotopic (exact) mass is 244 g/mol. The zero-order valence-electron chi connectivity index (χ0n) is 9.90. The van der Waals surface area contributed by atoms with Crippen LogP contribution in [0.3, 0.4) is 0 Å². The lowest BCUT2D eigenvalue weighted by atomic mass is 10.2. The lowest BCUT2D eigenvalue weighted by molar-refractivity contribution is 0.148. The molecule has 0 aliphatic rings. The van der Waals surface area contributed by atoms with E-state index >= 15 is 0 Å². The molecule has 1 heterocycles. The molecular formula is C11H20N2O2S. The van der Waals surface area contributed by atoms with Gasteiger partial charge in [0, 0.05) is 31.7 Å². The van der Waals surface area contributed by atoms with Crippen molar-refractivity contribution in [2.45, 2.75) is 32.4 Å². The van der Waals surface area contributed by atoms with E-state index in [1.54, 1.807) is 18.4 Å². The molecule has 92 valence electrons. The average Bonchev–Trinajstić information content (AvgIpc) is 2.74. The maximum atomic E-state index is 8.89. The Morgan fingerprint density at radius 3 is 3.00 bits per heavy atom. The number of nitrogens with one attached hydrogen (secondary N) is 1. The quantitative estimate of drug-likeness (QED) is 0.721. The van der Waals surface area contributed by atoms with E-state index in [1.807, 2.05) is 0 Å². The molecule has 0 bridgehead atoms. The number of rotatable bonds is 8. The predicted molar refractivity (Wildman–Crippen MR) is 65.7 cm³/mol. The van der Waals surface area contributed by atoms with E-state index in [0.717, 1.165) is 18.7 Å². The van der Waals surface area contributed by atoms with Crippen molar-refractivity contribution >= 4 is 11.3 Å². The second kappa shape index (κ2) is 7.73. The van der Waals surface area contributed by atoms with Crippen molar-refractivity contribution in [3.05, 3.63) is 16.1 Å². The Kier molecular flexibility index (Phi) is 6.56. The summed E-state index contributed by atoms with van der Waals surface area (Å²) in [6.45, 7) is 3.64. The Morgan fingerprint density at radius 2 is 2.44 bits per heavy atom. The van der Waals surface area contributed by atoms with Gasteiger partial charge in [0.25, 0.3) is 0 Å². The Balaban J connectivity index is 2.35. The van der Waals surface area contributed by atoms with E-state index in [-0.39, 0.29) is 12.6 Å². The Hall–Kier alpha value is -0.490. The van der Waals surface area contributed by atoms with Crippen LogP contribution in [0.5, 0.6) is 0 Å². The first-order chi connectivity index (χ1) is 7.80. The third-order valence-corrected chi connectivity index (χ3v) is 3.36. The highest BCUT2D eigenvalue weighted by atomic mass is 32.1. The van der Waals surface area contributed by atoms with Gasteiger partial charge < -0.3 is 15.2 Å². The van der Waals surface area contributed by atoms with E-state index in [4.69, 9.17) is 9.84 Å².